The van der Waals surface area contributed by atoms with Crippen molar-refractivity contribution in [1.82, 2.24) is 0 Å². The molecule has 2 nitrogen and oxygen atoms in total. The molecular formula is C13H15BrO2. The van der Waals surface area contributed by atoms with E-state index in [1.807, 2.05) is 32.0 Å². The number of halogens is 1. The maximum Gasteiger partial charge on any atom is 0.176 e. The van der Waals surface area contributed by atoms with Gasteiger partial charge in [0.15, 0.2) is 11.9 Å². The summed E-state index contributed by atoms with van der Waals surface area (Å²) in [7, 11) is 0. The Hall–Kier alpha value is -0.830. The second-order valence-electron chi connectivity index (χ2n) is 4.24. The maximum absolute atomic E-state index is 12.0. The molecule has 0 aromatic heterocycles. The monoisotopic (exact) mass is 282 g/mol. The predicted octanol–water partition coefficient (Wildman–Crippen LogP) is 3.37. The first-order chi connectivity index (χ1) is 7.63. The molecule has 0 bridgehead atoms. The molecule has 0 fully saturated rings. The highest BCUT2D eigenvalue weighted by atomic mass is 79.9. The summed E-state index contributed by atoms with van der Waals surface area (Å²) in [6.45, 7) is 3.99. The van der Waals surface area contributed by atoms with Crippen LogP contribution in [0.4, 0.5) is 0 Å². The van der Waals surface area contributed by atoms with Crippen molar-refractivity contribution in [2.45, 2.75) is 32.8 Å². The number of benzene rings is 1. The minimum Gasteiger partial charge on any atom is -0.482 e. The minimum absolute atomic E-state index is 0.0816. The molecular weight excluding hydrogens is 268 g/mol. The third-order valence-electron chi connectivity index (χ3n) is 3.15. The molecule has 0 spiro atoms. The Kier molecular flexibility index (Phi) is 3.33. The average Bonchev–Trinajstić information content (AvgIpc) is 2.72. The van der Waals surface area contributed by atoms with Gasteiger partial charge in [-0.2, -0.15) is 0 Å². The van der Waals surface area contributed by atoms with Crippen LogP contribution in [0.3, 0.4) is 0 Å². The number of hydrogen-bond acceptors (Lipinski definition) is 2. The number of Topliss-reactive ketones (excluding diaryl/α,β-unsaturated/α-hetero) is 1. The number of carbonyl (C=O) groups is 1. The average molecular weight is 283 g/mol. The van der Waals surface area contributed by atoms with Crippen molar-refractivity contribution >= 4 is 21.7 Å². The molecule has 0 saturated heterocycles. The van der Waals surface area contributed by atoms with Gasteiger partial charge >= 0.3 is 0 Å². The molecule has 1 aromatic carbocycles. The molecule has 3 heteroatoms. The van der Waals surface area contributed by atoms with Crippen LogP contribution in [-0.4, -0.2) is 11.9 Å². The van der Waals surface area contributed by atoms with E-state index in [-0.39, 0.29) is 17.8 Å². The first-order valence-electron chi connectivity index (χ1n) is 5.61. The zero-order valence-electron chi connectivity index (χ0n) is 9.50. The third-order valence-corrected chi connectivity index (χ3v) is 3.89. The summed E-state index contributed by atoms with van der Waals surface area (Å²) in [4.78, 5) is 12.0. The topological polar surface area (TPSA) is 26.3 Å². The largest absolute Gasteiger partial charge is 0.482 e. The van der Waals surface area contributed by atoms with Gasteiger partial charge in [-0.3, -0.25) is 4.79 Å². The first kappa shape index (κ1) is 11.6. The molecule has 2 unspecified atom stereocenters. The van der Waals surface area contributed by atoms with Crippen LogP contribution < -0.4 is 4.74 Å². The van der Waals surface area contributed by atoms with Crippen LogP contribution >= 0.6 is 15.9 Å². The van der Waals surface area contributed by atoms with Crippen molar-refractivity contribution in [1.29, 1.82) is 0 Å². The minimum atomic E-state index is -0.288. The molecule has 16 heavy (non-hydrogen) atoms. The normalized spacial score (nSPS) is 20.1. The fourth-order valence-corrected chi connectivity index (χ4v) is 2.41. The lowest BCUT2D eigenvalue weighted by Crippen LogP contribution is -2.30. The van der Waals surface area contributed by atoms with Gasteiger partial charge in [0.05, 0.1) is 0 Å². The second kappa shape index (κ2) is 4.58. The fraction of sp³-hybridized carbons (Fsp3) is 0.462. The van der Waals surface area contributed by atoms with Gasteiger partial charge in [0.2, 0.25) is 0 Å². The summed E-state index contributed by atoms with van der Waals surface area (Å²) in [5.41, 5.74) is 1.11. The Morgan fingerprint density at radius 3 is 3.00 bits per heavy atom. The Labute approximate surface area is 104 Å². The standard InChI is InChI=1S/C13H15BrO2/c1-3-8(2)13(15)12-7-9-10(14)5-4-6-11(9)16-12/h4-6,8,12H,3,7H2,1-2H3. The lowest BCUT2D eigenvalue weighted by molar-refractivity contribution is -0.128. The molecule has 2 rings (SSSR count). The second-order valence-corrected chi connectivity index (χ2v) is 5.09. The van der Waals surface area contributed by atoms with Crippen LogP contribution in [0.2, 0.25) is 0 Å². The molecule has 2 atom stereocenters. The zero-order valence-corrected chi connectivity index (χ0v) is 11.1. The summed E-state index contributed by atoms with van der Waals surface area (Å²) in [6.07, 6.45) is 1.28. The molecule has 0 N–H and O–H groups in total. The number of carbonyl (C=O) groups excluding carboxylic acids is 1. The van der Waals surface area contributed by atoms with E-state index in [9.17, 15) is 4.79 Å². The Balaban J connectivity index is 2.17. The van der Waals surface area contributed by atoms with Gasteiger partial charge in [-0.25, -0.2) is 0 Å². The van der Waals surface area contributed by atoms with E-state index in [2.05, 4.69) is 15.9 Å². The quantitative estimate of drug-likeness (QED) is 0.850. The summed E-state index contributed by atoms with van der Waals surface area (Å²) >= 11 is 3.49. The van der Waals surface area contributed by atoms with Gasteiger partial charge in [0.1, 0.15) is 5.75 Å². The maximum atomic E-state index is 12.0. The third kappa shape index (κ3) is 2.01. The van der Waals surface area contributed by atoms with Crippen LogP contribution in [0.1, 0.15) is 25.8 Å². The number of ether oxygens (including phenoxy) is 1. The van der Waals surface area contributed by atoms with E-state index in [0.29, 0.717) is 6.42 Å². The van der Waals surface area contributed by atoms with Crippen molar-refractivity contribution in [2.24, 2.45) is 5.92 Å². The summed E-state index contributed by atoms with van der Waals surface area (Å²) in [6, 6.07) is 5.83. The fourth-order valence-electron chi connectivity index (χ4n) is 1.90. The van der Waals surface area contributed by atoms with Crippen molar-refractivity contribution in [3.63, 3.8) is 0 Å². The van der Waals surface area contributed by atoms with E-state index in [0.717, 1.165) is 22.2 Å². The molecule has 1 aliphatic rings. The summed E-state index contributed by atoms with van der Waals surface area (Å²) in [5.74, 6) is 1.14. The van der Waals surface area contributed by atoms with E-state index in [1.54, 1.807) is 0 Å². The summed E-state index contributed by atoms with van der Waals surface area (Å²) < 4.78 is 6.72. The first-order valence-corrected chi connectivity index (χ1v) is 6.40. The predicted molar refractivity (Wildman–Crippen MR) is 66.7 cm³/mol. The molecule has 1 aromatic rings. The molecule has 0 saturated carbocycles. The van der Waals surface area contributed by atoms with Crippen LogP contribution in [-0.2, 0) is 11.2 Å². The summed E-state index contributed by atoms with van der Waals surface area (Å²) in [5, 5.41) is 0. The van der Waals surface area contributed by atoms with Crippen molar-refractivity contribution in [2.75, 3.05) is 0 Å². The van der Waals surface area contributed by atoms with E-state index >= 15 is 0 Å². The van der Waals surface area contributed by atoms with Gasteiger partial charge < -0.3 is 4.74 Å². The number of rotatable bonds is 3. The molecule has 86 valence electrons. The van der Waals surface area contributed by atoms with Gasteiger partial charge in [0.25, 0.3) is 0 Å². The van der Waals surface area contributed by atoms with Crippen molar-refractivity contribution in [3.8, 4) is 5.75 Å². The molecule has 0 aliphatic carbocycles. The highest BCUT2D eigenvalue weighted by Crippen LogP contribution is 2.35. The Morgan fingerprint density at radius 2 is 2.38 bits per heavy atom. The van der Waals surface area contributed by atoms with Crippen LogP contribution in [0, 0.1) is 5.92 Å². The van der Waals surface area contributed by atoms with E-state index < -0.39 is 0 Å². The highest BCUT2D eigenvalue weighted by molar-refractivity contribution is 9.10. The van der Waals surface area contributed by atoms with Crippen LogP contribution in [0.5, 0.6) is 5.75 Å². The Morgan fingerprint density at radius 1 is 1.62 bits per heavy atom. The number of hydrogen-bond donors (Lipinski definition) is 0. The van der Waals surface area contributed by atoms with Crippen molar-refractivity contribution < 1.29 is 9.53 Å². The number of ketones is 1. The van der Waals surface area contributed by atoms with Gasteiger partial charge in [0, 0.05) is 22.4 Å². The van der Waals surface area contributed by atoms with Crippen LogP contribution in [0.15, 0.2) is 22.7 Å². The molecule has 0 amide bonds. The smallest absolute Gasteiger partial charge is 0.176 e. The lowest BCUT2D eigenvalue weighted by Gasteiger charge is -2.13. The van der Waals surface area contributed by atoms with E-state index in [4.69, 9.17) is 4.74 Å². The highest BCUT2D eigenvalue weighted by Gasteiger charge is 2.32. The number of fused-ring (bicyclic) bond motifs is 1. The molecule has 0 radical (unpaired) electrons. The molecule has 1 heterocycles. The van der Waals surface area contributed by atoms with E-state index in [1.165, 1.54) is 0 Å². The van der Waals surface area contributed by atoms with Gasteiger partial charge in [-0.1, -0.05) is 35.8 Å². The van der Waals surface area contributed by atoms with Crippen molar-refractivity contribution in [3.05, 3.63) is 28.2 Å². The zero-order chi connectivity index (χ0) is 11.7. The SMILES string of the molecule is CCC(C)C(=O)C1Cc2c(Br)cccc2O1. The van der Waals surface area contributed by atoms with Gasteiger partial charge in [-0.15, -0.1) is 0 Å². The van der Waals surface area contributed by atoms with Crippen LogP contribution in [0.25, 0.3) is 0 Å². The molecule has 1 aliphatic heterocycles. The Bertz CT molecular complexity index is 414. The van der Waals surface area contributed by atoms with Gasteiger partial charge in [-0.05, 0) is 18.6 Å². The lowest BCUT2D eigenvalue weighted by atomic mass is 9.96.